The standard InChI is InChI=1S/C13H17N3O2S/c1-11(9-16-8-7-14-10-16)15-12-5-3-4-6-13(12)19(2,17)18/h3-8,10-11,15H,9H2,1-2H3. The summed E-state index contributed by atoms with van der Waals surface area (Å²) in [5.74, 6) is 0. The zero-order valence-electron chi connectivity index (χ0n) is 10.9. The highest BCUT2D eigenvalue weighted by Crippen LogP contribution is 2.21. The number of imidazole rings is 1. The Labute approximate surface area is 113 Å². The Bertz CT molecular complexity index is 636. The van der Waals surface area contributed by atoms with Crippen molar-refractivity contribution < 1.29 is 8.42 Å². The average molecular weight is 279 g/mol. The SMILES string of the molecule is CC(Cn1ccnc1)Nc1ccccc1S(C)(=O)=O. The van der Waals surface area contributed by atoms with E-state index in [1.54, 1.807) is 30.7 Å². The maximum Gasteiger partial charge on any atom is 0.177 e. The van der Waals surface area contributed by atoms with Crippen LogP contribution >= 0.6 is 0 Å². The monoisotopic (exact) mass is 279 g/mol. The van der Waals surface area contributed by atoms with E-state index in [-0.39, 0.29) is 6.04 Å². The molecule has 0 aliphatic heterocycles. The first-order valence-corrected chi connectivity index (χ1v) is 7.87. The molecule has 0 amide bonds. The number of benzene rings is 1. The number of aromatic nitrogens is 2. The maximum atomic E-state index is 11.7. The lowest BCUT2D eigenvalue weighted by molar-refractivity contribution is 0.600. The van der Waals surface area contributed by atoms with Crippen LogP contribution in [0, 0.1) is 0 Å². The Hall–Kier alpha value is -1.82. The van der Waals surface area contributed by atoms with Crippen molar-refractivity contribution in [3.05, 3.63) is 43.0 Å². The maximum absolute atomic E-state index is 11.7. The Morgan fingerprint density at radius 3 is 2.74 bits per heavy atom. The molecule has 2 aromatic rings. The summed E-state index contributed by atoms with van der Waals surface area (Å²) in [5, 5.41) is 3.23. The first-order chi connectivity index (χ1) is 8.97. The van der Waals surface area contributed by atoms with Crippen LogP contribution in [0.4, 0.5) is 5.69 Å². The summed E-state index contributed by atoms with van der Waals surface area (Å²) < 4.78 is 25.3. The summed E-state index contributed by atoms with van der Waals surface area (Å²) >= 11 is 0. The van der Waals surface area contributed by atoms with Gasteiger partial charge in [0.1, 0.15) is 0 Å². The molecule has 2 rings (SSSR count). The summed E-state index contributed by atoms with van der Waals surface area (Å²) in [6.45, 7) is 2.72. The molecule has 1 aromatic carbocycles. The number of anilines is 1. The summed E-state index contributed by atoms with van der Waals surface area (Å²) in [6, 6.07) is 7.03. The van der Waals surface area contributed by atoms with Gasteiger partial charge in [-0.2, -0.15) is 0 Å². The molecule has 1 heterocycles. The smallest absolute Gasteiger partial charge is 0.177 e. The third kappa shape index (κ3) is 3.57. The minimum absolute atomic E-state index is 0.0945. The average Bonchev–Trinajstić information content (AvgIpc) is 2.81. The van der Waals surface area contributed by atoms with Gasteiger partial charge in [-0.15, -0.1) is 0 Å². The molecule has 0 aliphatic carbocycles. The molecule has 102 valence electrons. The van der Waals surface area contributed by atoms with Crippen LogP contribution in [0.3, 0.4) is 0 Å². The summed E-state index contributed by atoms with van der Waals surface area (Å²) in [4.78, 5) is 4.30. The highest BCUT2D eigenvalue weighted by Gasteiger charge is 2.14. The van der Waals surface area contributed by atoms with Gasteiger partial charge in [-0.25, -0.2) is 13.4 Å². The Morgan fingerprint density at radius 2 is 2.11 bits per heavy atom. The predicted octanol–water partition coefficient (Wildman–Crippen LogP) is 1.79. The van der Waals surface area contributed by atoms with E-state index in [0.717, 1.165) is 6.54 Å². The molecular formula is C13H17N3O2S. The van der Waals surface area contributed by atoms with Crippen molar-refractivity contribution in [2.75, 3.05) is 11.6 Å². The Balaban J connectivity index is 2.15. The first-order valence-electron chi connectivity index (χ1n) is 5.98. The van der Waals surface area contributed by atoms with Crippen LogP contribution in [-0.4, -0.2) is 30.3 Å². The number of nitrogens with one attached hydrogen (secondary N) is 1. The van der Waals surface area contributed by atoms with Crippen molar-refractivity contribution in [2.24, 2.45) is 0 Å². The minimum atomic E-state index is -3.22. The number of para-hydroxylation sites is 1. The first kappa shape index (κ1) is 13.6. The van der Waals surface area contributed by atoms with Crippen molar-refractivity contribution in [3.8, 4) is 0 Å². The van der Waals surface area contributed by atoms with E-state index in [0.29, 0.717) is 10.6 Å². The van der Waals surface area contributed by atoms with Crippen LogP contribution in [-0.2, 0) is 16.4 Å². The largest absolute Gasteiger partial charge is 0.380 e. The molecule has 0 saturated heterocycles. The van der Waals surface area contributed by atoms with Crippen molar-refractivity contribution >= 4 is 15.5 Å². The second kappa shape index (κ2) is 5.44. The molecule has 19 heavy (non-hydrogen) atoms. The van der Waals surface area contributed by atoms with Crippen LogP contribution in [0.25, 0.3) is 0 Å². The van der Waals surface area contributed by atoms with Crippen LogP contribution in [0.15, 0.2) is 47.9 Å². The molecule has 1 unspecified atom stereocenters. The highest BCUT2D eigenvalue weighted by atomic mass is 32.2. The molecular weight excluding hydrogens is 262 g/mol. The predicted molar refractivity (Wildman–Crippen MR) is 74.9 cm³/mol. The van der Waals surface area contributed by atoms with E-state index < -0.39 is 9.84 Å². The summed E-state index contributed by atoms with van der Waals surface area (Å²) in [5.41, 5.74) is 0.637. The molecule has 5 nitrogen and oxygen atoms in total. The summed E-state index contributed by atoms with van der Waals surface area (Å²) in [7, 11) is -3.22. The van der Waals surface area contributed by atoms with E-state index >= 15 is 0 Å². The molecule has 0 aliphatic rings. The second-order valence-corrected chi connectivity index (χ2v) is 6.56. The number of sulfone groups is 1. The number of hydrogen-bond acceptors (Lipinski definition) is 4. The zero-order valence-corrected chi connectivity index (χ0v) is 11.8. The molecule has 0 radical (unpaired) electrons. The molecule has 0 bridgehead atoms. The Kier molecular flexibility index (Phi) is 3.90. The van der Waals surface area contributed by atoms with Gasteiger partial charge in [0.2, 0.25) is 0 Å². The van der Waals surface area contributed by atoms with Gasteiger partial charge in [0.25, 0.3) is 0 Å². The van der Waals surface area contributed by atoms with Crippen LogP contribution in [0.1, 0.15) is 6.92 Å². The van der Waals surface area contributed by atoms with E-state index in [1.165, 1.54) is 6.26 Å². The van der Waals surface area contributed by atoms with Crippen molar-refractivity contribution in [2.45, 2.75) is 24.4 Å². The van der Waals surface area contributed by atoms with Crippen LogP contribution in [0.5, 0.6) is 0 Å². The molecule has 1 atom stereocenters. The highest BCUT2D eigenvalue weighted by molar-refractivity contribution is 7.90. The topological polar surface area (TPSA) is 64.0 Å². The van der Waals surface area contributed by atoms with Gasteiger partial charge in [-0.05, 0) is 19.1 Å². The molecule has 6 heteroatoms. The quantitative estimate of drug-likeness (QED) is 0.906. The minimum Gasteiger partial charge on any atom is -0.380 e. The van der Waals surface area contributed by atoms with E-state index in [4.69, 9.17) is 0 Å². The Morgan fingerprint density at radius 1 is 1.37 bits per heavy atom. The number of rotatable bonds is 5. The van der Waals surface area contributed by atoms with Gasteiger partial charge in [0.05, 0.1) is 16.9 Å². The summed E-state index contributed by atoms with van der Waals surface area (Å²) in [6.07, 6.45) is 6.55. The van der Waals surface area contributed by atoms with Gasteiger partial charge >= 0.3 is 0 Å². The van der Waals surface area contributed by atoms with Crippen molar-refractivity contribution in [1.82, 2.24) is 9.55 Å². The van der Waals surface area contributed by atoms with Gasteiger partial charge in [-0.3, -0.25) is 0 Å². The second-order valence-electron chi connectivity index (χ2n) is 4.57. The third-order valence-corrected chi connectivity index (χ3v) is 3.89. The lowest BCUT2D eigenvalue weighted by Crippen LogP contribution is -2.22. The van der Waals surface area contributed by atoms with Gasteiger partial charge < -0.3 is 9.88 Å². The van der Waals surface area contributed by atoms with Crippen LogP contribution in [0.2, 0.25) is 0 Å². The van der Waals surface area contributed by atoms with Gasteiger partial charge in [-0.1, -0.05) is 12.1 Å². The molecule has 1 aromatic heterocycles. The lowest BCUT2D eigenvalue weighted by Gasteiger charge is -2.17. The fraction of sp³-hybridized carbons (Fsp3) is 0.308. The van der Waals surface area contributed by atoms with Gasteiger partial charge in [0.15, 0.2) is 9.84 Å². The lowest BCUT2D eigenvalue weighted by atomic mass is 10.2. The molecule has 1 N–H and O–H groups in total. The molecule has 0 saturated carbocycles. The third-order valence-electron chi connectivity index (χ3n) is 2.73. The van der Waals surface area contributed by atoms with E-state index in [1.807, 2.05) is 23.8 Å². The van der Waals surface area contributed by atoms with Gasteiger partial charge in [0, 0.05) is 31.2 Å². The zero-order chi connectivity index (χ0) is 13.9. The normalized spacial score (nSPS) is 13.2. The molecule has 0 fully saturated rings. The van der Waals surface area contributed by atoms with E-state index in [2.05, 4.69) is 10.3 Å². The van der Waals surface area contributed by atoms with E-state index in [9.17, 15) is 8.42 Å². The number of hydrogen-bond donors (Lipinski definition) is 1. The number of nitrogens with zero attached hydrogens (tertiary/aromatic N) is 2. The molecule has 0 spiro atoms. The van der Waals surface area contributed by atoms with Crippen LogP contribution < -0.4 is 5.32 Å². The fourth-order valence-corrected chi connectivity index (χ4v) is 2.78. The van der Waals surface area contributed by atoms with Crippen molar-refractivity contribution in [3.63, 3.8) is 0 Å². The fourth-order valence-electron chi connectivity index (χ4n) is 1.93. The van der Waals surface area contributed by atoms with Crippen molar-refractivity contribution in [1.29, 1.82) is 0 Å².